The minimum absolute atomic E-state index is 0.137. The van der Waals surface area contributed by atoms with Gasteiger partial charge in [0.2, 0.25) is 5.95 Å². The van der Waals surface area contributed by atoms with E-state index in [-0.39, 0.29) is 35.5 Å². The number of hydrogen-bond donors (Lipinski definition) is 2. The number of amides is 1. The highest BCUT2D eigenvalue weighted by molar-refractivity contribution is 6.31. The molecule has 2 N–H and O–H groups in total. The lowest BCUT2D eigenvalue weighted by atomic mass is 9.49. The summed E-state index contributed by atoms with van der Waals surface area (Å²) in [6.07, 6.45) is 5.86. The van der Waals surface area contributed by atoms with E-state index in [9.17, 15) is 4.79 Å². The first-order valence-corrected chi connectivity index (χ1v) is 12.8. The molecule has 1 aromatic heterocycles. The molecule has 4 rings (SSSR count). The Balaban J connectivity index is 1.38. The lowest BCUT2D eigenvalue weighted by molar-refractivity contribution is -0.164. The van der Waals surface area contributed by atoms with Gasteiger partial charge in [-0.05, 0) is 37.3 Å². The molecule has 1 amide bonds. The maximum absolute atomic E-state index is 13.1. The molecular formula is C27H34ClN5O3. The number of ether oxygens (including phenoxy) is 1. The number of benzene rings is 1. The number of nitrogens with zero attached hydrogens (tertiary/aromatic N) is 4. The minimum Gasteiger partial charge on any atom is -0.489 e. The van der Waals surface area contributed by atoms with Crippen LogP contribution >= 0.6 is 11.6 Å². The molecule has 1 aliphatic heterocycles. The number of carbonyl (C=O) groups is 1. The highest BCUT2D eigenvalue weighted by atomic mass is 35.5. The van der Waals surface area contributed by atoms with Crippen LogP contribution in [0.1, 0.15) is 62.9 Å². The van der Waals surface area contributed by atoms with Crippen molar-refractivity contribution in [2.24, 2.45) is 16.7 Å². The Morgan fingerprint density at radius 3 is 2.42 bits per heavy atom. The Hall–Kier alpha value is -2.89. The smallest absolute Gasteiger partial charge is 0.254 e. The van der Waals surface area contributed by atoms with Gasteiger partial charge in [-0.3, -0.25) is 4.79 Å². The van der Waals surface area contributed by atoms with Crippen LogP contribution in [-0.4, -0.2) is 52.8 Å². The van der Waals surface area contributed by atoms with Crippen molar-refractivity contribution in [1.29, 1.82) is 5.26 Å². The second-order valence-corrected chi connectivity index (χ2v) is 11.4. The number of carbonyl (C=O) groups excluding carboxylic acids is 1. The van der Waals surface area contributed by atoms with Gasteiger partial charge in [0, 0.05) is 55.0 Å². The molecule has 0 bridgehead atoms. The van der Waals surface area contributed by atoms with Gasteiger partial charge in [0.25, 0.3) is 5.91 Å². The van der Waals surface area contributed by atoms with Crippen LogP contribution in [0.15, 0.2) is 30.6 Å². The number of aromatic nitrogens is 2. The van der Waals surface area contributed by atoms with E-state index in [0.717, 1.165) is 32.4 Å². The molecule has 2 fully saturated rings. The first kappa shape index (κ1) is 26.2. The maximum Gasteiger partial charge on any atom is 0.254 e. The van der Waals surface area contributed by atoms with Gasteiger partial charge in [-0.1, -0.05) is 39.3 Å². The van der Waals surface area contributed by atoms with Gasteiger partial charge in [0.05, 0.1) is 16.1 Å². The maximum atomic E-state index is 13.1. The predicted molar refractivity (Wildman–Crippen MR) is 138 cm³/mol. The van der Waals surface area contributed by atoms with Crippen LogP contribution in [0, 0.1) is 28.1 Å². The third-order valence-electron chi connectivity index (χ3n) is 7.77. The number of rotatable bonds is 7. The summed E-state index contributed by atoms with van der Waals surface area (Å²) in [5.41, 5.74) is 0.128. The van der Waals surface area contributed by atoms with E-state index in [1.807, 2.05) is 0 Å². The van der Waals surface area contributed by atoms with Gasteiger partial charge >= 0.3 is 0 Å². The Morgan fingerprint density at radius 2 is 1.86 bits per heavy atom. The number of piperidine rings is 1. The van der Waals surface area contributed by atoms with Gasteiger partial charge in [-0.2, -0.15) is 5.26 Å². The van der Waals surface area contributed by atoms with Crippen molar-refractivity contribution in [2.75, 3.05) is 24.6 Å². The Morgan fingerprint density at radius 1 is 1.22 bits per heavy atom. The van der Waals surface area contributed by atoms with Gasteiger partial charge in [0.15, 0.2) is 0 Å². The largest absolute Gasteiger partial charge is 0.489 e. The number of nitriles is 1. The highest BCUT2D eigenvalue weighted by Crippen LogP contribution is 2.55. The summed E-state index contributed by atoms with van der Waals surface area (Å²) in [4.78, 5) is 24.1. The Labute approximate surface area is 217 Å². The minimum atomic E-state index is -0.348. The van der Waals surface area contributed by atoms with Crippen LogP contribution in [0.5, 0.6) is 5.75 Å². The summed E-state index contributed by atoms with van der Waals surface area (Å²) in [5.74, 6) is 1.56. The van der Waals surface area contributed by atoms with E-state index in [1.54, 1.807) is 30.6 Å². The second-order valence-electron chi connectivity index (χ2n) is 11.0. The molecule has 1 saturated heterocycles. The van der Waals surface area contributed by atoms with Crippen molar-refractivity contribution in [1.82, 2.24) is 15.3 Å². The van der Waals surface area contributed by atoms with Crippen molar-refractivity contribution in [2.45, 2.75) is 59.1 Å². The predicted octanol–water partition coefficient (Wildman–Crippen LogP) is 4.21. The summed E-state index contributed by atoms with van der Waals surface area (Å²) in [6, 6.07) is 6.97. The van der Waals surface area contributed by atoms with E-state index >= 15 is 0 Å². The summed E-state index contributed by atoms with van der Waals surface area (Å²) >= 11 is 6.18. The first-order chi connectivity index (χ1) is 17.1. The number of anilines is 1. The van der Waals surface area contributed by atoms with Gasteiger partial charge in [-0.25, -0.2) is 9.97 Å². The topological polar surface area (TPSA) is 111 Å². The summed E-state index contributed by atoms with van der Waals surface area (Å²) < 4.78 is 6.30. The zero-order chi connectivity index (χ0) is 26.1. The van der Waals surface area contributed by atoms with Gasteiger partial charge in [-0.15, -0.1) is 0 Å². The fourth-order valence-corrected chi connectivity index (χ4v) is 6.23. The molecule has 1 aliphatic carbocycles. The van der Waals surface area contributed by atoms with E-state index in [4.69, 9.17) is 26.7 Å². The number of aliphatic hydroxyl groups excluding tert-OH is 1. The lowest BCUT2D eigenvalue weighted by Gasteiger charge is -2.63. The molecule has 2 aromatic rings. The molecule has 9 heteroatoms. The van der Waals surface area contributed by atoms with Crippen LogP contribution in [0.2, 0.25) is 5.02 Å². The van der Waals surface area contributed by atoms with Crippen LogP contribution in [0.3, 0.4) is 0 Å². The quantitative estimate of drug-likeness (QED) is 0.572. The second kappa shape index (κ2) is 10.2. The van der Waals surface area contributed by atoms with Gasteiger partial charge < -0.3 is 20.1 Å². The first-order valence-electron chi connectivity index (χ1n) is 12.4. The number of hydrogen-bond acceptors (Lipinski definition) is 7. The molecule has 0 atom stereocenters. The van der Waals surface area contributed by atoms with E-state index in [1.165, 1.54) is 0 Å². The SMILES string of the molecule is CC1(C)[C@H](NC(=O)c2cnc(N3CCC(CCO)CC3)nc2)C(C)(C)[C@H]1Oc1ccc(C#N)c(Cl)c1. The molecule has 1 aromatic carbocycles. The normalized spacial score (nSPS) is 22.9. The average Bonchev–Trinajstić information content (AvgIpc) is 2.86. The molecule has 0 unspecified atom stereocenters. The van der Waals surface area contributed by atoms with Crippen LogP contribution in [0.25, 0.3) is 0 Å². The van der Waals surface area contributed by atoms with Crippen molar-refractivity contribution in [3.63, 3.8) is 0 Å². The van der Waals surface area contributed by atoms with Crippen LogP contribution in [0.4, 0.5) is 5.95 Å². The van der Waals surface area contributed by atoms with Crippen LogP contribution < -0.4 is 15.0 Å². The Kier molecular flexibility index (Phi) is 7.44. The lowest BCUT2D eigenvalue weighted by Crippen LogP contribution is -2.74. The fourth-order valence-electron chi connectivity index (χ4n) is 6.02. The van der Waals surface area contributed by atoms with Crippen molar-refractivity contribution in [3.8, 4) is 11.8 Å². The highest BCUT2D eigenvalue weighted by Gasteiger charge is 2.64. The molecule has 192 valence electrons. The molecule has 36 heavy (non-hydrogen) atoms. The molecule has 0 radical (unpaired) electrons. The van der Waals surface area contributed by atoms with Crippen molar-refractivity contribution < 1.29 is 14.6 Å². The van der Waals surface area contributed by atoms with Crippen LogP contribution in [-0.2, 0) is 0 Å². The van der Waals surface area contributed by atoms with Gasteiger partial charge in [0.1, 0.15) is 17.9 Å². The average molecular weight is 512 g/mol. The molecule has 2 aliphatic rings. The fraction of sp³-hybridized carbons (Fsp3) is 0.556. The standard InChI is InChI=1S/C27H34ClN5O3/c1-26(2)23(27(3,4)24(26)36-20-6-5-18(14-29)21(28)13-20)32-22(35)19-15-30-25(31-16-19)33-10-7-17(8-11-33)9-12-34/h5-6,13,15-17,23-24,34H,7-12H2,1-4H3,(H,32,35)/t23-,24-. The van der Waals surface area contributed by atoms with E-state index in [2.05, 4.69) is 53.9 Å². The third kappa shape index (κ3) is 5.00. The molecule has 0 spiro atoms. The summed E-state index contributed by atoms with van der Waals surface area (Å²) in [7, 11) is 0. The number of nitrogens with one attached hydrogen (secondary N) is 1. The summed E-state index contributed by atoms with van der Waals surface area (Å²) in [6.45, 7) is 10.2. The third-order valence-corrected chi connectivity index (χ3v) is 8.08. The molecule has 8 nitrogen and oxygen atoms in total. The zero-order valence-electron chi connectivity index (χ0n) is 21.3. The van der Waals surface area contributed by atoms with Crippen molar-refractivity contribution in [3.05, 3.63) is 46.7 Å². The zero-order valence-corrected chi connectivity index (χ0v) is 22.0. The summed E-state index contributed by atoms with van der Waals surface area (Å²) in [5, 5.41) is 21.8. The van der Waals surface area contributed by atoms with E-state index in [0.29, 0.717) is 33.8 Å². The number of halogens is 1. The van der Waals surface area contributed by atoms with Crippen molar-refractivity contribution >= 4 is 23.5 Å². The molecule has 1 saturated carbocycles. The monoisotopic (exact) mass is 511 g/mol. The van der Waals surface area contributed by atoms with E-state index < -0.39 is 0 Å². The molecule has 2 heterocycles. The Bertz CT molecular complexity index is 1120. The number of aliphatic hydroxyl groups is 1. The molecular weight excluding hydrogens is 478 g/mol.